The number of nitriles is 1. The second-order valence-electron chi connectivity index (χ2n) is 5.82. The normalized spacial score (nSPS) is 11.1. The van der Waals surface area contributed by atoms with Crippen LogP contribution in [0.15, 0.2) is 52.1 Å². The third-order valence-corrected chi connectivity index (χ3v) is 4.25. The molecule has 1 heterocycles. The Morgan fingerprint density at radius 2 is 1.80 bits per heavy atom. The van der Waals surface area contributed by atoms with Gasteiger partial charge in [-0.15, -0.1) is 0 Å². The molecule has 0 atom stereocenters. The largest absolute Gasteiger partial charge is 0.495 e. The molecule has 0 amide bonds. The fourth-order valence-electron chi connectivity index (χ4n) is 2.58. The first-order valence-corrected chi connectivity index (χ1v) is 8.52. The topological polar surface area (TPSA) is 97.1 Å². The molecule has 1 aromatic heterocycles. The summed E-state index contributed by atoms with van der Waals surface area (Å²) in [4.78, 5) is 26.2. The summed E-state index contributed by atoms with van der Waals surface area (Å²) in [6, 6.07) is 10.8. The maximum absolute atomic E-state index is 12.9. The van der Waals surface area contributed by atoms with Gasteiger partial charge in [-0.2, -0.15) is 18.4 Å². The van der Waals surface area contributed by atoms with Crippen molar-refractivity contribution in [3.05, 3.63) is 79.6 Å². The van der Waals surface area contributed by atoms with Crippen molar-refractivity contribution in [2.75, 3.05) is 7.11 Å². The van der Waals surface area contributed by atoms with Gasteiger partial charge in [0, 0.05) is 18.2 Å². The third kappa shape index (κ3) is 4.01. The number of para-hydroxylation sites is 1. The van der Waals surface area contributed by atoms with E-state index in [-0.39, 0.29) is 39.6 Å². The number of H-pyrrole nitrogens is 1. The van der Waals surface area contributed by atoms with Gasteiger partial charge in [-0.25, -0.2) is 9.36 Å². The van der Waals surface area contributed by atoms with Crippen LogP contribution in [0, 0.1) is 11.3 Å². The van der Waals surface area contributed by atoms with Crippen LogP contribution in [0.1, 0.15) is 11.3 Å². The van der Waals surface area contributed by atoms with E-state index in [0.29, 0.717) is 4.57 Å². The summed E-state index contributed by atoms with van der Waals surface area (Å²) in [5.41, 5.74) is -4.33. The van der Waals surface area contributed by atoms with Crippen LogP contribution in [0.3, 0.4) is 0 Å². The highest BCUT2D eigenvalue weighted by Crippen LogP contribution is 2.35. The maximum atomic E-state index is 12.9. The van der Waals surface area contributed by atoms with Crippen molar-refractivity contribution >= 4 is 11.6 Å². The first-order valence-electron chi connectivity index (χ1n) is 8.14. The molecule has 0 spiro atoms. The molecule has 3 rings (SSSR count). The van der Waals surface area contributed by atoms with Gasteiger partial charge in [0.25, 0.3) is 5.56 Å². The second kappa shape index (κ2) is 7.96. The molecule has 0 aliphatic heterocycles. The zero-order valence-electron chi connectivity index (χ0n) is 15.1. The molecular weight excluding hydrogens is 427 g/mol. The molecule has 1 N–H and O–H groups in total. The highest BCUT2D eigenvalue weighted by Gasteiger charge is 2.33. The number of nitrogens with one attached hydrogen (secondary N) is 1. The van der Waals surface area contributed by atoms with Crippen molar-refractivity contribution in [3.63, 3.8) is 0 Å². The van der Waals surface area contributed by atoms with Crippen molar-refractivity contribution in [3.8, 4) is 29.0 Å². The Hall–Kier alpha value is -3.71. The summed E-state index contributed by atoms with van der Waals surface area (Å²) in [5.74, 6) is -0.0153. The van der Waals surface area contributed by atoms with E-state index in [1.165, 1.54) is 19.2 Å². The van der Waals surface area contributed by atoms with Crippen molar-refractivity contribution in [1.29, 1.82) is 5.26 Å². The predicted molar refractivity (Wildman–Crippen MR) is 100 cm³/mol. The number of ether oxygens (including phenoxy) is 2. The van der Waals surface area contributed by atoms with Crippen molar-refractivity contribution in [2.24, 2.45) is 0 Å². The third-order valence-electron chi connectivity index (χ3n) is 3.94. The zero-order chi connectivity index (χ0) is 22.1. The lowest BCUT2D eigenvalue weighted by Gasteiger charge is -2.15. The number of methoxy groups -OCH3 is 1. The lowest BCUT2D eigenvalue weighted by Crippen LogP contribution is -2.36. The highest BCUT2D eigenvalue weighted by molar-refractivity contribution is 6.32. The lowest BCUT2D eigenvalue weighted by molar-refractivity contribution is -0.141. The molecule has 0 unspecified atom stereocenters. The van der Waals surface area contributed by atoms with Crippen LogP contribution >= 0.6 is 11.6 Å². The molecule has 0 radical (unpaired) electrons. The summed E-state index contributed by atoms with van der Waals surface area (Å²) >= 11 is 6.05. The number of benzene rings is 2. The number of halogens is 4. The van der Waals surface area contributed by atoms with Gasteiger partial charge in [-0.1, -0.05) is 23.7 Å². The summed E-state index contributed by atoms with van der Waals surface area (Å²) in [5, 5.41) is 9.63. The Bertz CT molecular complexity index is 1240. The van der Waals surface area contributed by atoms with Gasteiger partial charge < -0.3 is 14.5 Å². The Morgan fingerprint density at radius 3 is 2.37 bits per heavy atom. The molecule has 2 aromatic carbocycles. The monoisotopic (exact) mass is 437 g/mol. The van der Waals surface area contributed by atoms with E-state index in [1.807, 2.05) is 6.07 Å². The number of hydrogen-bond donors (Lipinski definition) is 1. The summed E-state index contributed by atoms with van der Waals surface area (Å²) in [6.45, 7) is 0. The van der Waals surface area contributed by atoms with E-state index in [4.69, 9.17) is 21.1 Å². The Balaban J connectivity index is 2.23. The number of nitrogens with zero attached hydrogens (tertiary/aromatic N) is 2. The maximum Gasteiger partial charge on any atom is 0.431 e. The van der Waals surface area contributed by atoms with Crippen molar-refractivity contribution in [1.82, 2.24) is 9.55 Å². The van der Waals surface area contributed by atoms with Gasteiger partial charge in [0.2, 0.25) is 0 Å². The van der Waals surface area contributed by atoms with Crippen LogP contribution in [0.5, 0.6) is 17.2 Å². The van der Waals surface area contributed by atoms with Gasteiger partial charge in [0.1, 0.15) is 29.0 Å². The van der Waals surface area contributed by atoms with Gasteiger partial charge in [-0.05, 0) is 12.1 Å². The van der Waals surface area contributed by atoms with Crippen molar-refractivity contribution < 1.29 is 22.6 Å². The molecule has 30 heavy (non-hydrogen) atoms. The molecule has 0 aliphatic rings. The van der Waals surface area contributed by atoms with Gasteiger partial charge in [0.05, 0.1) is 23.4 Å². The molecule has 0 fully saturated rings. The van der Waals surface area contributed by atoms with Crippen LogP contribution in [0.2, 0.25) is 5.02 Å². The molecule has 0 aliphatic carbocycles. The average molecular weight is 438 g/mol. The first kappa shape index (κ1) is 21.0. The number of aromatic amines is 1. The first-order chi connectivity index (χ1) is 14.2. The molecule has 0 saturated heterocycles. The fourth-order valence-corrected chi connectivity index (χ4v) is 2.76. The minimum atomic E-state index is -4.91. The summed E-state index contributed by atoms with van der Waals surface area (Å²) < 4.78 is 49.8. The standard InChI is InChI=1S/C19H11ClF3N3O4/c1-29-15-6-10(9-24)14(30-13-5-3-2-4-11(13)20)7-12(15)26-17(27)8-16(19(21,22)23)25-18(26)28/h2-8H,1H3,(H,25,28). The molecule has 0 bridgehead atoms. The number of hydrogen-bond acceptors (Lipinski definition) is 5. The van der Waals surface area contributed by atoms with E-state index >= 15 is 0 Å². The second-order valence-corrected chi connectivity index (χ2v) is 6.23. The lowest BCUT2D eigenvalue weighted by atomic mass is 10.1. The molecule has 7 nitrogen and oxygen atoms in total. The van der Waals surface area contributed by atoms with Crippen molar-refractivity contribution in [2.45, 2.75) is 6.18 Å². The Labute approximate surface area is 171 Å². The van der Waals surface area contributed by atoms with Gasteiger partial charge in [0.15, 0.2) is 0 Å². The summed E-state index contributed by atoms with van der Waals surface area (Å²) in [6.07, 6.45) is -4.91. The summed E-state index contributed by atoms with van der Waals surface area (Å²) in [7, 11) is 1.21. The Morgan fingerprint density at radius 1 is 1.10 bits per heavy atom. The fraction of sp³-hybridized carbons (Fsp3) is 0.105. The number of rotatable bonds is 4. The zero-order valence-corrected chi connectivity index (χ0v) is 15.8. The minimum absolute atomic E-state index is 0.0214. The highest BCUT2D eigenvalue weighted by atomic mass is 35.5. The molecule has 3 aromatic rings. The minimum Gasteiger partial charge on any atom is -0.495 e. The van der Waals surface area contributed by atoms with Crippen LogP contribution < -0.4 is 20.7 Å². The van der Waals surface area contributed by atoms with Crippen LogP contribution in [-0.4, -0.2) is 16.7 Å². The number of aromatic nitrogens is 2. The van der Waals surface area contributed by atoms with E-state index in [1.54, 1.807) is 23.2 Å². The average Bonchev–Trinajstić information content (AvgIpc) is 2.68. The molecule has 154 valence electrons. The predicted octanol–water partition coefficient (Wildman–Crippen LogP) is 3.87. The molecule has 11 heteroatoms. The molecule has 0 saturated carbocycles. The van der Waals surface area contributed by atoms with Gasteiger partial charge in [-0.3, -0.25) is 4.79 Å². The molecular formula is C19H11ClF3N3O4. The van der Waals surface area contributed by atoms with Crippen LogP contribution in [-0.2, 0) is 6.18 Å². The van der Waals surface area contributed by atoms with E-state index < -0.39 is 23.1 Å². The van der Waals surface area contributed by atoms with Gasteiger partial charge >= 0.3 is 11.9 Å². The number of alkyl halides is 3. The van der Waals surface area contributed by atoms with Crippen LogP contribution in [0.4, 0.5) is 13.2 Å². The Kier molecular flexibility index (Phi) is 5.58. The van der Waals surface area contributed by atoms with E-state index in [9.17, 15) is 28.0 Å². The van der Waals surface area contributed by atoms with E-state index in [2.05, 4.69) is 0 Å². The van der Waals surface area contributed by atoms with Crippen LogP contribution in [0.25, 0.3) is 5.69 Å². The van der Waals surface area contributed by atoms with E-state index in [0.717, 1.165) is 6.07 Å². The smallest absolute Gasteiger partial charge is 0.431 e. The quantitative estimate of drug-likeness (QED) is 0.668. The SMILES string of the molecule is COc1cc(C#N)c(Oc2ccccc2Cl)cc1-n1c(=O)cc(C(F)(F)F)[nH]c1=O.